The zero-order chi connectivity index (χ0) is 16.9. The van der Waals surface area contributed by atoms with Crippen molar-refractivity contribution in [3.8, 4) is 0 Å². The van der Waals surface area contributed by atoms with Crippen LogP contribution in [0.2, 0.25) is 0 Å². The van der Waals surface area contributed by atoms with Gasteiger partial charge in [0, 0.05) is 49.2 Å². The maximum atomic E-state index is 9.24. The van der Waals surface area contributed by atoms with Crippen LogP contribution in [0, 0.1) is 12.8 Å². The smallest absolute Gasteiger partial charge is 0.0537 e. The van der Waals surface area contributed by atoms with Gasteiger partial charge in [0.15, 0.2) is 0 Å². The summed E-state index contributed by atoms with van der Waals surface area (Å²) in [5.41, 5.74) is 4.92. The Hall–Kier alpha value is -1.85. The second kappa shape index (κ2) is 7.81. The fourth-order valence-corrected chi connectivity index (χ4v) is 3.38. The van der Waals surface area contributed by atoms with Crippen LogP contribution in [0.5, 0.6) is 0 Å². The Morgan fingerprint density at radius 2 is 2.00 bits per heavy atom. The molecule has 0 saturated carbocycles. The highest BCUT2D eigenvalue weighted by Crippen LogP contribution is 2.23. The number of benzene rings is 1. The Balaban J connectivity index is 1.52. The summed E-state index contributed by atoms with van der Waals surface area (Å²) < 4.78 is 0. The molecule has 1 aliphatic rings. The van der Waals surface area contributed by atoms with E-state index < -0.39 is 0 Å². The van der Waals surface area contributed by atoms with Gasteiger partial charge in [0.1, 0.15) is 0 Å². The van der Waals surface area contributed by atoms with Crippen molar-refractivity contribution in [2.45, 2.75) is 39.3 Å². The predicted molar refractivity (Wildman–Crippen MR) is 97.0 cm³/mol. The normalized spacial score (nSPS) is 17.2. The Morgan fingerprint density at radius 1 is 1.29 bits per heavy atom. The number of nitrogens with one attached hydrogen (secondary N) is 2. The third kappa shape index (κ3) is 3.97. The quantitative estimate of drug-likeness (QED) is 0.763. The topological polar surface area (TPSA) is 64.2 Å². The highest BCUT2D eigenvalue weighted by atomic mass is 16.3. The number of anilines is 1. The van der Waals surface area contributed by atoms with E-state index in [1.165, 1.54) is 16.8 Å². The lowest BCUT2D eigenvalue weighted by molar-refractivity contribution is 0.203. The Bertz CT molecular complexity index is 629. The number of aromatic amines is 1. The van der Waals surface area contributed by atoms with Crippen molar-refractivity contribution < 1.29 is 5.11 Å². The van der Waals surface area contributed by atoms with Crippen LogP contribution in [0.25, 0.3) is 0 Å². The van der Waals surface area contributed by atoms with Crippen molar-refractivity contribution in [2.24, 2.45) is 5.92 Å². The number of aliphatic hydroxyl groups is 1. The third-order valence-electron chi connectivity index (χ3n) is 5.12. The Labute approximate surface area is 144 Å². The van der Waals surface area contributed by atoms with E-state index in [2.05, 4.69) is 58.5 Å². The molecule has 1 saturated heterocycles. The molecule has 24 heavy (non-hydrogen) atoms. The highest BCUT2D eigenvalue weighted by Gasteiger charge is 2.18. The minimum absolute atomic E-state index is 0.279. The molecule has 1 aliphatic heterocycles. The minimum atomic E-state index is 0.279. The molecule has 3 N–H and O–H groups in total. The Morgan fingerprint density at radius 3 is 2.58 bits per heavy atom. The van der Waals surface area contributed by atoms with Crippen LogP contribution in [-0.2, 0) is 6.54 Å². The summed E-state index contributed by atoms with van der Waals surface area (Å²) in [6.07, 6.45) is 4.06. The van der Waals surface area contributed by atoms with Gasteiger partial charge in [0.25, 0.3) is 0 Å². The van der Waals surface area contributed by atoms with Crippen molar-refractivity contribution in [1.29, 1.82) is 0 Å². The molecule has 1 aromatic heterocycles. The van der Waals surface area contributed by atoms with Gasteiger partial charge in [-0.3, -0.25) is 5.10 Å². The SMILES string of the molecule is Cc1[nH]ncc1C(C)NCc1ccc(N2CCC(CO)CC2)cc1. The molecule has 3 rings (SSSR count). The second-order valence-corrected chi connectivity index (χ2v) is 6.83. The monoisotopic (exact) mass is 328 g/mol. The summed E-state index contributed by atoms with van der Waals surface area (Å²) >= 11 is 0. The molecule has 1 atom stereocenters. The van der Waals surface area contributed by atoms with Gasteiger partial charge in [0.05, 0.1) is 6.20 Å². The summed E-state index contributed by atoms with van der Waals surface area (Å²) in [4.78, 5) is 2.42. The van der Waals surface area contributed by atoms with Crippen molar-refractivity contribution in [3.05, 3.63) is 47.3 Å². The number of hydrogen-bond acceptors (Lipinski definition) is 4. The van der Waals surface area contributed by atoms with Gasteiger partial charge in [-0.05, 0) is 50.3 Å². The minimum Gasteiger partial charge on any atom is -0.396 e. The standard InChI is InChI=1S/C19H28N4O/c1-14(19-12-21-22-15(19)2)20-11-16-3-5-18(6-4-16)23-9-7-17(13-24)8-10-23/h3-6,12,14,17,20,24H,7-11,13H2,1-2H3,(H,21,22). The second-order valence-electron chi connectivity index (χ2n) is 6.83. The van der Waals surface area contributed by atoms with Crippen LogP contribution in [0.15, 0.2) is 30.5 Å². The molecule has 2 aromatic rings. The molecular weight excluding hydrogens is 300 g/mol. The molecule has 2 heterocycles. The molecule has 0 amide bonds. The number of nitrogens with zero attached hydrogens (tertiary/aromatic N) is 2. The van der Waals surface area contributed by atoms with Gasteiger partial charge in [-0.1, -0.05) is 12.1 Å². The molecule has 5 heteroatoms. The average molecular weight is 328 g/mol. The van der Waals surface area contributed by atoms with Gasteiger partial charge in [-0.2, -0.15) is 5.10 Å². The van der Waals surface area contributed by atoms with Gasteiger partial charge in [-0.25, -0.2) is 0 Å². The van der Waals surface area contributed by atoms with Crippen molar-refractivity contribution in [3.63, 3.8) is 0 Å². The van der Waals surface area contributed by atoms with E-state index in [9.17, 15) is 5.11 Å². The van der Waals surface area contributed by atoms with Crippen LogP contribution in [-0.4, -0.2) is 35.0 Å². The number of aliphatic hydroxyl groups excluding tert-OH is 1. The van der Waals surface area contributed by atoms with E-state index in [0.29, 0.717) is 12.5 Å². The lowest BCUT2D eigenvalue weighted by Gasteiger charge is -2.33. The molecule has 1 unspecified atom stereocenters. The van der Waals surface area contributed by atoms with E-state index in [0.717, 1.165) is 38.2 Å². The Kier molecular flexibility index (Phi) is 5.53. The molecule has 0 spiro atoms. The van der Waals surface area contributed by atoms with E-state index in [-0.39, 0.29) is 6.04 Å². The number of piperidine rings is 1. The fourth-order valence-electron chi connectivity index (χ4n) is 3.38. The van der Waals surface area contributed by atoms with Gasteiger partial charge < -0.3 is 15.3 Å². The maximum Gasteiger partial charge on any atom is 0.0537 e. The fraction of sp³-hybridized carbons (Fsp3) is 0.526. The lowest BCUT2D eigenvalue weighted by atomic mass is 9.97. The van der Waals surface area contributed by atoms with Gasteiger partial charge >= 0.3 is 0 Å². The first kappa shape index (κ1) is 17.0. The zero-order valence-corrected chi connectivity index (χ0v) is 14.6. The van der Waals surface area contributed by atoms with E-state index in [4.69, 9.17) is 0 Å². The highest BCUT2D eigenvalue weighted by molar-refractivity contribution is 5.48. The number of rotatable bonds is 6. The number of hydrogen-bond donors (Lipinski definition) is 3. The summed E-state index contributed by atoms with van der Waals surface area (Å²) in [5.74, 6) is 0.484. The van der Waals surface area contributed by atoms with Crippen LogP contribution in [0.1, 0.15) is 42.6 Å². The largest absolute Gasteiger partial charge is 0.396 e. The molecule has 130 valence electrons. The molecule has 0 radical (unpaired) electrons. The molecule has 0 bridgehead atoms. The van der Waals surface area contributed by atoms with Crippen LogP contribution in [0.3, 0.4) is 0 Å². The average Bonchev–Trinajstić information content (AvgIpc) is 3.06. The van der Waals surface area contributed by atoms with E-state index in [1.807, 2.05) is 6.20 Å². The van der Waals surface area contributed by atoms with Gasteiger partial charge in [-0.15, -0.1) is 0 Å². The summed E-state index contributed by atoms with van der Waals surface area (Å²) in [5, 5.41) is 19.9. The van der Waals surface area contributed by atoms with Crippen molar-refractivity contribution >= 4 is 5.69 Å². The third-order valence-corrected chi connectivity index (χ3v) is 5.12. The number of aryl methyl sites for hydroxylation is 1. The van der Waals surface area contributed by atoms with E-state index >= 15 is 0 Å². The zero-order valence-electron chi connectivity index (χ0n) is 14.6. The summed E-state index contributed by atoms with van der Waals surface area (Å²) in [6, 6.07) is 9.11. The van der Waals surface area contributed by atoms with Crippen LogP contribution < -0.4 is 10.2 Å². The van der Waals surface area contributed by atoms with Gasteiger partial charge in [0.2, 0.25) is 0 Å². The molecule has 1 aromatic carbocycles. The number of H-pyrrole nitrogens is 1. The first-order valence-electron chi connectivity index (χ1n) is 8.85. The lowest BCUT2D eigenvalue weighted by Crippen LogP contribution is -2.34. The summed E-state index contributed by atoms with van der Waals surface area (Å²) in [7, 11) is 0. The van der Waals surface area contributed by atoms with Crippen LogP contribution in [0.4, 0.5) is 5.69 Å². The molecule has 0 aliphatic carbocycles. The van der Waals surface area contributed by atoms with E-state index in [1.54, 1.807) is 0 Å². The van der Waals surface area contributed by atoms with Crippen molar-refractivity contribution in [2.75, 3.05) is 24.6 Å². The predicted octanol–water partition coefficient (Wildman–Crippen LogP) is 2.78. The molecule has 5 nitrogen and oxygen atoms in total. The summed E-state index contributed by atoms with van der Waals surface area (Å²) in [6.45, 7) is 7.47. The maximum absolute atomic E-state index is 9.24. The van der Waals surface area contributed by atoms with Crippen molar-refractivity contribution in [1.82, 2.24) is 15.5 Å². The molecule has 1 fully saturated rings. The first-order valence-corrected chi connectivity index (χ1v) is 8.85. The first-order chi connectivity index (χ1) is 11.7. The van der Waals surface area contributed by atoms with Crippen LogP contribution >= 0.6 is 0 Å². The molecular formula is C19H28N4O. The number of aromatic nitrogens is 2.